The van der Waals surface area contributed by atoms with Gasteiger partial charge in [0.25, 0.3) is 0 Å². The summed E-state index contributed by atoms with van der Waals surface area (Å²) < 4.78 is 5.73. The van der Waals surface area contributed by atoms with Crippen molar-refractivity contribution in [3.8, 4) is 11.3 Å². The van der Waals surface area contributed by atoms with Crippen molar-refractivity contribution in [3.63, 3.8) is 0 Å². The van der Waals surface area contributed by atoms with Crippen LogP contribution < -0.4 is 5.43 Å². The number of rotatable bonds is 1. The van der Waals surface area contributed by atoms with Crippen molar-refractivity contribution in [1.82, 2.24) is 0 Å². The van der Waals surface area contributed by atoms with Gasteiger partial charge in [-0.25, -0.2) is 0 Å². The van der Waals surface area contributed by atoms with Gasteiger partial charge in [0.1, 0.15) is 11.3 Å². The first-order valence-electron chi connectivity index (χ1n) is 5.57. The molecule has 0 bridgehead atoms. The zero-order chi connectivity index (χ0) is 13.7. The Bertz CT molecular complexity index is 721. The average Bonchev–Trinajstić information content (AvgIpc) is 2.50. The van der Waals surface area contributed by atoms with Crippen molar-refractivity contribution < 1.29 is 4.42 Å². The number of hydrogen-bond acceptors (Lipinski definition) is 2. The summed E-state index contributed by atoms with van der Waals surface area (Å²) in [6.07, 6.45) is 0. The smallest absolute Gasteiger partial charge is 0.193 e. The fraction of sp³-hybridized carbons (Fsp3) is 0. The zero-order valence-corrected chi connectivity index (χ0v) is 14.2. The summed E-state index contributed by atoms with van der Waals surface area (Å²) in [7, 11) is 0. The van der Waals surface area contributed by atoms with E-state index in [2.05, 4.69) is 37.2 Å². The second-order valence-corrected chi connectivity index (χ2v) is 3.84. The zero-order valence-electron chi connectivity index (χ0n) is 9.85. The largest absolute Gasteiger partial charge is 0.456 e. The molecule has 2 nitrogen and oxygen atoms in total. The summed E-state index contributed by atoms with van der Waals surface area (Å²) in [6.45, 7) is 0. The summed E-state index contributed by atoms with van der Waals surface area (Å²) in [6, 6.07) is 18.4. The molecule has 0 N–H and O–H groups in total. The minimum atomic E-state index is -0.00861. The van der Waals surface area contributed by atoms with E-state index < -0.39 is 0 Å². The van der Waals surface area contributed by atoms with Crippen molar-refractivity contribution in [1.29, 1.82) is 0 Å². The van der Waals surface area contributed by atoms with Crippen molar-refractivity contribution in [2.45, 2.75) is 0 Å². The molecule has 0 amide bonds. The molecule has 0 fully saturated rings. The summed E-state index contributed by atoms with van der Waals surface area (Å²) in [4.78, 5) is 11.9. The van der Waals surface area contributed by atoms with E-state index in [-0.39, 0.29) is 5.43 Å². The maximum Gasteiger partial charge on any atom is 0.193 e. The second-order valence-electron chi connectivity index (χ2n) is 3.84. The molecule has 19 heavy (non-hydrogen) atoms. The van der Waals surface area contributed by atoms with Gasteiger partial charge in [0, 0.05) is 48.9 Å². The molecule has 3 aromatic rings. The van der Waals surface area contributed by atoms with E-state index in [1.807, 2.05) is 48.5 Å². The molecule has 0 atom stereocenters. The molecule has 96 valence electrons. The standard InChI is InChI=1S/C15H10O2.I2/c16-13-10-15(11-6-2-1-3-7-11)17-14-9-5-4-8-12(13)14;1-2/h1-10H;. The van der Waals surface area contributed by atoms with E-state index in [0.29, 0.717) is 16.7 Å². The lowest BCUT2D eigenvalue weighted by Crippen LogP contribution is -1.99. The Balaban J connectivity index is 0.000000637. The van der Waals surface area contributed by atoms with Crippen LogP contribution in [0.15, 0.2) is 69.9 Å². The third-order valence-electron chi connectivity index (χ3n) is 2.69. The quantitative estimate of drug-likeness (QED) is 0.451. The number of halogens is 2. The number of benzene rings is 2. The maximum atomic E-state index is 11.9. The minimum Gasteiger partial charge on any atom is -0.456 e. The molecular formula is C15H10I2O2. The van der Waals surface area contributed by atoms with Crippen LogP contribution in [0.1, 0.15) is 0 Å². The third-order valence-corrected chi connectivity index (χ3v) is 2.69. The normalized spacial score (nSPS) is 9.79. The first kappa shape index (κ1) is 14.5. The van der Waals surface area contributed by atoms with Gasteiger partial charge in [-0.3, -0.25) is 4.79 Å². The van der Waals surface area contributed by atoms with Crippen LogP contribution in [0.2, 0.25) is 0 Å². The fourth-order valence-electron chi connectivity index (χ4n) is 1.85. The van der Waals surface area contributed by atoms with E-state index in [0.717, 1.165) is 5.56 Å². The Labute approximate surface area is 134 Å². The van der Waals surface area contributed by atoms with Crippen molar-refractivity contribution in [2.75, 3.05) is 0 Å². The Morgan fingerprint density at radius 3 is 2.21 bits per heavy atom. The lowest BCUT2D eigenvalue weighted by Gasteiger charge is -2.02. The molecule has 4 heteroatoms. The Morgan fingerprint density at radius 1 is 0.842 bits per heavy atom. The van der Waals surface area contributed by atoms with Gasteiger partial charge in [0.2, 0.25) is 0 Å². The Kier molecular flexibility index (Phi) is 5.38. The molecule has 1 heterocycles. The van der Waals surface area contributed by atoms with Crippen LogP contribution in [0.5, 0.6) is 0 Å². The van der Waals surface area contributed by atoms with Crippen molar-refractivity contribution in [2.24, 2.45) is 0 Å². The SMILES string of the molecule is II.O=c1cc(-c2ccccc2)oc2ccccc12. The van der Waals surface area contributed by atoms with Crippen LogP contribution in [0, 0.1) is 0 Å². The minimum absolute atomic E-state index is 0.00861. The fourth-order valence-corrected chi connectivity index (χ4v) is 1.85. The van der Waals surface area contributed by atoms with E-state index >= 15 is 0 Å². The van der Waals surface area contributed by atoms with E-state index in [1.165, 1.54) is 6.07 Å². The molecule has 0 spiro atoms. The molecule has 0 aliphatic carbocycles. The first-order chi connectivity index (χ1) is 9.34. The van der Waals surface area contributed by atoms with Gasteiger partial charge in [-0.05, 0) is 12.1 Å². The molecule has 1 aromatic heterocycles. The third kappa shape index (κ3) is 3.36. The number of hydrogen-bond donors (Lipinski definition) is 0. The van der Waals surface area contributed by atoms with Crippen molar-refractivity contribution >= 4 is 48.2 Å². The van der Waals surface area contributed by atoms with Crippen molar-refractivity contribution in [3.05, 3.63) is 70.9 Å². The van der Waals surface area contributed by atoms with Gasteiger partial charge in [-0.1, -0.05) is 42.5 Å². The van der Waals surface area contributed by atoms with Crippen LogP contribution >= 0.6 is 37.2 Å². The highest BCUT2D eigenvalue weighted by Crippen LogP contribution is 2.21. The summed E-state index contributed by atoms with van der Waals surface area (Å²) in [5, 5.41) is 0.618. The summed E-state index contributed by atoms with van der Waals surface area (Å²) in [5.74, 6) is 0.606. The van der Waals surface area contributed by atoms with Crippen LogP contribution in [-0.4, -0.2) is 0 Å². The van der Waals surface area contributed by atoms with Gasteiger partial charge in [0.15, 0.2) is 5.43 Å². The topological polar surface area (TPSA) is 30.2 Å². The monoisotopic (exact) mass is 476 g/mol. The number of fused-ring (bicyclic) bond motifs is 1. The van der Waals surface area contributed by atoms with Gasteiger partial charge in [0.05, 0.1) is 5.39 Å². The lowest BCUT2D eigenvalue weighted by atomic mass is 10.1. The Morgan fingerprint density at radius 2 is 1.47 bits per heavy atom. The predicted molar refractivity (Wildman–Crippen MR) is 96.0 cm³/mol. The maximum absolute atomic E-state index is 11.9. The molecule has 0 aliphatic rings. The Hall–Kier alpha value is -0.890. The van der Waals surface area contributed by atoms with E-state index in [4.69, 9.17) is 4.42 Å². The molecule has 2 aromatic carbocycles. The lowest BCUT2D eigenvalue weighted by molar-refractivity contribution is 0.619. The molecule has 0 saturated heterocycles. The second kappa shape index (κ2) is 7.04. The highest BCUT2D eigenvalue weighted by Gasteiger charge is 2.05. The van der Waals surface area contributed by atoms with E-state index in [9.17, 15) is 4.79 Å². The van der Waals surface area contributed by atoms with Gasteiger partial charge in [-0.2, -0.15) is 0 Å². The molecule has 0 radical (unpaired) electrons. The van der Waals surface area contributed by atoms with Crippen LogP contribution in [0.4, 0.5) is 0 Å². The first-order valence-corrected chi connectivity index (χ1v) is 11.9. The van der Waals surface area contributed by atoms with Crippen LogP contribution in [-0.2, 0) is 0 Å². The molecule has 0 unspecified atom stereocenters. The van der Waals surface area contributed by atoms with Gasteiger partial charge < -0.3 is 4.42 Å². The predicted octanol–water partition coefficient (Wildman–Crippen LogP) is 5.23. The van der Waals surface area contributed by atoms with Gasteiger partial charge in [-0.15, -0.1) is 0 Å². The molecular weight excluding hydrogens is 466 g/mol. The average molecular weight is 476 g/mol. The molecule has 3 rings (SSSR count). The van der Waals surface area contributed by atoms with Crippen LogP contribution in [0.25, 0.3) is 22.3 Å². The molecule has 0 aliphatic heterocycles. The van der Waals surface area contributed by atoms with Gasteiger partial charge >= 0.3 is 0 Å². The van der Waals surface area contributed by atoms with E-state index in [1.54, 1.807) is 6.07 Å². The highest BCUT2D eigenvalue weighted by molar-refractivity contribution is 15.0. The summed E-state index contributed by atoms with van der Waals surface area (Å²) >= 11 is 4.24. The molecule has 0 saturated carbocycles. The van der Waals surface area contributed by atoms with Crippen LogP contribution in [0.3, 0.4) is 0 Å². The summed E-state index contributed by atoms with van der Waals surface area (Å²) in [5.41, 5.74) is 1.53. The highest BCUT2D eigenvalue weighted by atomic mass is 128. The number of para-hydroxylation sites is 1.